The maximum absolute atomic E-state index is 13.6. The molecule has 0 radical (unpaired) electrons. The van der Waals surface area contributed by atoms with Crippen molar-refractivity contribution >= 4 is 16.8 Å². The van der Waals surface area contributed by atoms with Gasteiger partial charge in [0.25, 0.3) is 5.91 Å². The second-order valence-corrected chi connectivity index (χ2v) is 7.73. The SMILES string of the molecule is COc1cccc(C2c3[nH]c4ccccc4c3CCN2C(=O)c2occc2C)c1OC. The summed E-state index contributed by atoms with van der Waals surface area (Å²) in [7, 11) is 3.24. The first-order chi connectivity index (χ1) is 15.1. The molecule has 4 aromatic rings. The number of aromatic nitrogens is 1. The van der Waals surface area contributed by atoms with Gasteiger partial charge in [0.05, 0.1) is 20.5 Å². The first-order valence-corrected chi connectivity index (χ1v) is 10.3. The lowest BCUT2D eigenvalue weighted by molar-refractivity contribution is 0.0656. The van der Waals surface area contributed by atoms with E-state index in [0.717, 1.165) is 28.8 Å². The minimum atomic E-state index is -0.363. The van der Waals surface area contributed by atoms with Crippen molar-refractivity contribution < 1.29 is 18.7 Å². The van der Waals surface area contributed by atoms with Gasteiger partial charge >= 0.3 is 0 Å². The van der Waals surface area contributed by atoms with Gasteiger partial charge in [-0.05, 0) is 37.1 Å². The number of hydrogen-bond donors (Lipinski definition) is 1. The second-order valence-electron chi connectivity index (χ2n) is 7.73. The molecule has 0 bridgehead atoms. The number of nitrogens with zero attached hydrogens (tertiary/aromatic N) is 1. The normalized spacial score (nSPS) is 15.7. The molecule has 1 unspecified atom stereocenters. The third-order valence-corrected chi connectivity index (χ3v) is 6.08. The van der Waals surface area contributed by atoms with Gasteiger partial charge in [0.15, 0.2) is 17.3 Å². The molecule has 31 heavy (non-hydrogen) atoms. The van der Waals surface area contributed by atoms with Crippen LogP contribution in [0.4, 0.5) is 0 Å². The zero-order chi connectivity index (χ0) is 21.5. The summed E-state index contributed by atoms with van der Waals surface area (Å²) in [5, 5.41) is 1.19. The highest BCUT2D eigenvalue weighted by Gasteiger charge is 2.38. The van der Waals surface area contributed by atoms with E-state index in [2.05, 4.69) is 17.1 Å². The molecule has 3 heterocycles. The quantitative estimate of drug-likeness (QED) is 0.515. The summed E-state index contributed by atoms with van der Waals surface area (Å²) >= 11 is 0. The lowest BCUT2D eigenvalue weighted by Crippen LogP contribution is -2.40. The fraction of sp³-hybridized carbons (Fsp3) is 0.240. The highest BCUT2D eigenvalue weighted by Crippen LogP contribution is 2.44. The number of ether oxygens (including phenoxy) is 2. The summed E-state index contributed by atoms with van der Waals surface area (Å²) in [6.07, 6.45) is 2.32. The molecule has 0 saturated heterocycles. The van der Waals surface area contributed by atoms with Crippen LogP contribution in [0.1, 0.15) is 39.0 Å². The van der Waals surface area contributed by atoms with Gasteiger partial charge < -0.3 is 23.8 Å². The number of nitrogens with one attached hydrogen (secondary N) is 1. The summed E-state index contributed by atoms with van der Waals surface area (Å²) in [5.74, 6) is 1.48. The smallest absolute Gasteiger partial charge is 0.290 e. The molecular formula is C25H24N2O4. The van der Waals surface area contributed by atoms with E-state index in [1.54, 1.807) is 20.5 Å². The minimum absolute atomic E-state index is 0.137. The maximum Gasteiger partial charge on any atom is 0.290 e. The Hall–Kier alpha value is -3.67. The van der Waals surface area contributed by atoms with E-state index in [1.807, 2.05) is 48.2 Å². The van der Waals surface area contributed by atoms with Gasteiger partial charge in [-0.15, -0.1) is 0 Å². The van der Waals surface area contributed by atoms with Crippen molar-refractivity contribution in [1.29, 1.82) is 0 Å². The molecule has 1 amide bonds. The summed E-state index contributed by atoms with van der Waals surface area (Å²) in [6.45, 7) is 2.45. The Balaban J connectivity index is 1.74. The molecule has 6 nitrogen and oxygen atoms in total. The zero-order valence-electron chi connectivity index (χ0n) is 17.8. The summed E-state index contributed by atoms with van der Waals surface area (Å²) < 4.78 is 16.9. The van der Waals surface area contributed by atoms with Crippen molar-refractivity contribution in [1.82, 2.24) is 9.88 Å². The van der Waals surface area contributed by atoms with E-state index in [0.29, 0.717) is 23.8 Å². The van der Waals surface area contributed by atoms with Gasteiger partial charge in [0.2, 0.25) is 0 Å². The first-order valence-electron chi connectivity index (χ1n) is 10.3. The predicted octanol–water partition coefficient (Wildman–Crippen LogP) is 4.87. The molecule has 1 aliphatic heterocycles. The second kappa shape index (κ2) is 7.54. The maximum atomic E-state index is 13.6. The molecule has 1 atom stereocenters. The number of fused-ring (bicyclic) bond motifs is 3. The summed E-state index contributed by atoms with van der Waals surface area (Å²) in [4.78, 5) is 19.0. The van der Waals surface area contributed by atoms with Gasteiger partial charge in [-0.1, -0.05) is 30.3 Å². The van der Waals surface area contributed by atoms with Crippen LogP contribution in [-0.2, 0) is 6.42 Å². The molecule has 2 aromatic heterocycles. The average molecular weight is 416 g/mol. The topological polar surface area (TPSA) is 67.7 Å². The number of benzene rings is 2. The number of rotatable bonds is 4. The van der Waals surface area contributed by atoms with Crippen molar-refractivity contribution in [3.8, 4) is 11.5 Å². The Morgan fingerprint density at radius 3 is 2.68 bits per heavy atom. The van der Waals surface area contributed by atoms with Crippen LogP contribution in [0.5, 0.6) is 11.5 Å². The molecule has 1 N–H and O–H groups in total. The Labute approximate surface area is 180 Å². The number of furan rings is 1. The number of H-pyrrole nitrogens is 1. The van der Waals surface area contributed by atoms with Gasteiger partial charge in [-0.3, -0.25) is 4.79 Å². The molecule has 158 valence electrons. The van der Waals surface area contributed by atoms with E-state index in [4.69, 9.17) is 13.9 Å². The molecule has 6 heteroatoms. The van der Waals surface area contributed by atoms with Gasteiger partial charge in [0.1, 0.15) is 6.04 Å². The lowest BCUT2D eigenvalue weighted by Gasteiger charge is -2.36. The highest BCUT2D eigenvalue weighted by atomic mass is 16.5. The van der Waals surface area contributed by atoms with Gasteiger partial charge in [-0.2, -0.15) is 0 Å². The zero-order valence-corrected chi connectivity index (χ0v) is 17.8. The van der Waals surface area contributed by atoms with Crippen molar-refractivity contribution in [3.63, 3.8) is 0 Å². The molecular weight excluding hydrogens is 392 g/mol. The molecule has 0 spiro atoms. The number of aryl methyl sites for hydroxylation is 1. The van der Waals surface area contributed by atoms with Crippen molar-refractivity contribution in [2.45, 2.75) is 19.4 Å². The average Bonchev–Trinajstić information content (AvgIpc) is 3.40. The minimum Gasteiger partial charge on any atom is -0.493 e. The van der Waals surface area contributed by atoms with E-state index in [9.17, 15) is 4.79 Å². The number of carbonyl (C=O) groups excluding carboxylic acids is 1. The van der Waals surface area contributed by atoms with Crippen LogP contribution >= 0.6 is 0 Å². The van der Waals surface area contributed by atoms with Crippen LogP contribution in [-0.4, -0.2) is 36.6 Å². The van der Waals surface area contributed by atoms with Crippen LogP contribution in [0.15, 0.2) is 59.2 Å². The van der Waals surface area contributed by atoms with E-state index in [-0.39, 0.29) is 11.9 Å². The first kappa shape index (κ1) is 19.3. The molecule has 1 aliphatic rings. The molecule has 5 rings (SSSR count). The predicted molar refractivity (Wildman–Crippen MR) is 118 cm³/mol. The van der Waals surface area contributed by atoms with Crippen molar-refractivity contribution in [3.05, 3.63) is 82.9 Å². The van der Waals surface area contributed by atoms with Crippen LogP contribution in [0.2, 0.25) is 0 Å². The number of aromatic amines is 1. The molecule has 0 aliphatic carbocycles. The van der Waals surface area contributed by atoms with E-state index in [1.165, 1.54) is 10.9 Å². The molecule has 2 aromatic carbocycles. The number of para-hydroxylation sites is 2. The van der Waals surface area contributed by atoms with E-state index < -0.39 is 0 Å². The Bertz CT molecular complexity index is 1270. The monoisotopic (exact) mass is 416 g/mol. The van der Waals surface area contributed by atoms with Crippen LogP contribution in [0.25, 0.3) is 10.9 Å². The van der Waals surface area contributed by atoms with Crippen molar-refractivity contribution in [2.75, 3.05) is 20.8 Å². The fourth-order valence-electron chi connectivity index (χ4n) is 4.63. The van der Waals surface area contributed by atoms with E-state index >= 15 is 0 Å². The summed E-state index contributed by atoms with van der Waals surface area (Å²) in [6, 6.07) is 15.5. The summed E-state index contributed by atoms with van der Waals surface area (Å²) in [5.41, 5.74) is 4.97. The standard InChI is InChI=1S/C25H24N2O4/c1-15-12-14-31-23(15)25(28)27-13-11-17-16-7-4-5-9-19(16)26-21(17)22(27)18-8-6-10-20(29-2)24(18)30-3/h4-10,12,14,22,26H,11,13H2,1-3H3. The largest absolute Gasteiger partial charge is 0.493 e. The fourth-order valence-corrected chi connectivity index (χ4v) is 4.63. The Kier molecular flexibility index (Phi) is 4.70. The Morgan fingerprint density at radius 2 is 1.94 bits per heavy atom. The van der Waals surface area contributed by atoms with Crippen LogP contribution < -0.4 is 9.47 Å². The molecule has 0 fully saturated rings. The highest BCUT2D eigenvalue weighted by molar-refractivity contribution is 5.94. The van der Waals surface area contributed by atoms with Crippen LogP contribution in [0, 0.1) is 6.92 Å². The third kappa shape index (κ3) is 2.98. The number of methoxy groups -OCH3 is 2. The van der Waals surface area contributed by atoms with Crippen molar-refractivity contribution in [2.24, 2.45) is 0 Å². The van der Waals surface area contributed by atoms with Gasteiger partial charge in [0, 0.05) is 34.3 Å². The molecule has 0 saturated carbocycles. The number of amides is 1. The number of hydrogen-bond acceptors (Lipinski definition) is 4. The third-order valence-electron chi connectivity index (χ3n) is 6.08. The number of carbonyl (C=O) groups is 1. The van der Waals surface area contributed by atoms with Gasteiger partial charge in [-0.25, -0.2) is 0 Å². The Morgan fingerprint density at radius 1 is 1.10 bits per heavy atom. The lowest BCUT2D eigenvalue weighted by atomic mass is 9.91. The van der Waals surface area contributed by atoms with Crippen LogP contribution in [0.3, 0.4) is 0 Å².